The van der Waals surface area contributed by atoms with Crippen LogP contribution in [-0.2, 0) is 38.1 Å². The van der Waals surface area contributed by atoms with Gasteiger partial charge in [0.15, 0.2) is 0 Å². The van der Waals surface area contributed by atoms with Crippen LogP contribution in [0.3, 0.4) is 0 Å². The summed E-state index contributed by atoms with van der Waals surface area (Å²) in [6, 6.07) is 0. The Hall–Kier alpha value is 0.765. The van der Waals surface area contributed by atoms with Crippen molar-refractivity contribution in [2.24, 2.45) is 0 Å². The van der Waals surface area contributed by atoms with Crippen molar-refractivity contribution in [2.75, 3.05) is 0 Å². The average molecular weight is 315 g/mol. The monoisotopic (exact) mass is 316 g/mol. The van der Waals surface area contributed by atoms with Crippen molar-refractivity contribution in [3.63, 3.8) is 0 Å². The molecule has 0 aromatic rings. The Balaban J connectivity index is -0.0000000800. The van der Waals surface area contributed by atoms with Gasteiger partial charge in [0.1, 0.15) is 0 Å². The molecule has 0 aromatic heterocycles. The van der Waals surface area contributed by atoms with Crippen molar-refractivity contribution in [1.82, 2.24) is 6.15 Å². The van der Waals surface area contributed by atoms with Crippen molar-refractivity contribution >= 4 is 10.4 Å². The van der Waals surface area contributed by atoms with Crippen molar-refractivity contribution in [3.05, 3.63) is 0 Å². The van der Waals surface area contributed by atoms with E-state index in [4.69, 9.17) is 17.5 Å². The van der Waals surface area contributed by atoms with E-state index in [1.165, 1.54) is 0 Å². The van der Waals surface area contributed by atoms with Crippen LogP contribution in [-0.4, -0.2) is 17.5 Å². The number of hydrogen-bond donors (Lipinski definition) is 1. The summed E-state index contributed by atoms with van der Waals surface area (Å²) in [5, 5.41) is 0. The van der Waals surface area contributed by atoms with E-state index in [9.17, 15) is 0 Å². The van der Waals surface area contributed by atoms with E-state index in [1.54, 1.807) is 0 Å². The third-order valence-corrected chi connectivity index (χ3v) is 0. The Kier molecular flexibility index (Phi) is 11.0. The van der Waals surface area contributed by atoms with E-state index in [1.807, 2.05) is 0 Å². The molecular formula is H4HgNO4S. The van der Waals surface area contributed by atoms with Gasteiger partial charge in [0.2, 0.25) is 0 Å². The minimum Gasteiger partial charge on any atom is -0.759 e. The SMILES string of the molecule is O=S(=O)([O-])[O-].[Hg+].[NH4+]. The van der Waals surface area contributed by atoms with Gasteiger partial charge in [0.25, 0.3) is 0 Å². The largest absolute Gasteiger partial charge is 1.00 e. The van der Waals surface area contributed by atoms with Crippen LogP contribution < -0.4 is 6.15 Å². The normalized spacial score (nSPS) is 8.29. The Labute approximate surface area is 61.8 Å². The fraction of sp³-hybridized carbons (Fsp3) is 0. The van der Waals surface area contributed by atoms with Gasteiger partial charge in [-0.3, -0.25) is 8.42 Å². The van der Waals surface area contributed by atoms with Crippen molar-refractivity contribution in [1.29, 1.82) is 0 Å². The number of rotatable bonds is 0. The second kappa shape index (κ2) is 4.91. The summed E-state index contributed by atoms with van der Waals surface area (Å²) >= 11 is 0. The smallest absolute Gasteiger partial charge is 0.759 e. The van der Waals surface area contributed by atoms with E-state index in [-0.39, 0.29) is 33.8 Å². The first kappa shape index (κ1) is 15.7. The molecule has 0 saturated heterocycles. The summed E-state index contributed by atoms with van der Waals surface area (Å²) in [7, 11) is -5.17. The average Bonchev–Trinajstić information content (AvgIpc) is 0.722. The van der Waals surface area contributed by atoms with E-state index >= 15 is 0 Å². The van der Waals surface area contributed by atoms with Gasteiger partial charge < -0.3 is 15.3 Å². The molecule has 0 aliphatic carbocycles. The van der Waals surface area contributed by atoms with E-state index in [0.29, 0.717) is 0 Å². The van der Waals surface area contributed by atoms with Crippen LogP contribution in [0.15, 0.2) is 0 Å². The molecule has 0 amide bonds. The van der Waals surface area contributed by atoms with Crippen LogP contribution in [0.2, 0.25) is 0 Å². The third-order valence-electron chi connectivity index (χ3n) is 0. The third kappa shape index (κ3) is 262. The first-order chi connectivity index (χ1) is 2.00. The molecule has 0 saturated carbocycles. The molecule has 0 rings (SSSR count). The molecule has 0 unspecified atom stereocenters. The summed E-state index contributed by atoms with van der Waals surface area (Å²) in [6.07, 6.45) is 0. The summed E-state index contributed by atoms with van der Waals surface area (Å²) in [4.78, 5) is 0. The Morgan fingerprint density at radius 1 is 1.14 bits per heavy atom. The number of hydrogen-bond acceptors (Lipinski definition) is 4. The molecule has 0 aromatic carbocycles. The Morgan fingerprint density at radius 2 is 1.14 bits per heavy atom. The maximum absolute atomic E-state index is 8.52. The Bertz CT molecular complexity index is 94.9. The molecule has 0 fully saturated rings. The maximum Gasteiger partial charge on any atom is 1.00 e. The molecule has 0 bridgehead atoms. The molecular weight excluding hydrogens is 311 g/mol. The van der Waals surface area contributed by atoms with Crippen LogP contribution >= 0.6 is 0 Å². The molecule has 0 aliphatic heterocycles. The summed E-state index contributed by atoms with van der Waals surface area (Å²) < 4.78 is 34.1. The van der Waals surface area contributed by atoms with Crippen LogP contribution in [0.25, 0.3) is 0 Å². The van der Waals surface area contributed by atoms with Gasteiger partial charge >= 0.3 is 27.7 Å². The van der Waals surface area contributed by atoms with Gasteiger partial charge in [-0.15, -0.1) is 0 Å². The molecule has 41 valence electrons. The zero-order valence-corrected chi connectivity index (χ0v) is 10.1. The maximum atomic E-state index is 8.52. The molecule has 1 radical (unpaired) electrons. The first-order valence-corrected chi connectivity index (χ1v) is 2.00. The Morgan fingerprint density at radius 3 is 1.14 bits per heavy atom. The predicted molar refractivity (Wildman–Crippen MR) is 16.5 cm³/mol. The van der Waals surface area contributed by atoms with E-state index in [2.05, 4.69) is 0 Å². The van der Waals surface area contributed by atoms with Crippen molar-refractivity contribution in [3.8, 4) is 0 Å². The van der Waals surface area contributed by atoms with Crippen molar-refractivity contribution in [2.45, 2.75) is 0 Å². The molecule has 0 atom stereocenters. The number of quaternary nitrogens is 1. The van der Waals surface area contributed by atoms with Crippen LogP contribution in [0.1, 0.15) is 0 Å². The zero-order valence-electron chi connectivity index (χ0n) is 3.75. The summed E-state index contributed by atoms with van der Waals surface area (Å²) in [6.45, 7) is 0. The molecule has 0 aliphatic rings. The second-order valence-electron chi connectivity index (χ2n) is 0.408. The first-order valence-electron chi connectivity index (χ1n) is 0.667. The quantitative estimate of drug-likeness (QED) is 0.352. The standard InChI is InChI=1S/Hg.H3N.H2O4S/c;;1-5(2,3)4/h;1H3;(H2,1,2,3,4)/q+1;;/p-1. The predicted octanol–water partition coefficient (Wildman–Crippen LogP) is -0.964. The fourth-order valence-corrected chi connectivity index (χ4v) is 0. The second-order valence-corrected chi connectivity index (χ2v) is 1.22. The van der Waals surface area contributed by atoms with Gasteiger partial charge in [-0.25, -0.2) is 0 Å². The van der Waals surface area contributed by atoms with E-state index < -0.39 is 10.4 Å². The zero-order chi connectivity index (χ0) is 4.50. The van der Waals surface area contributed by atoms with Gasteiger partial charge in [-0.1, -0.05) is 0 Å². The molecule has 5 nitrogen and oxygen atoms in total. The van der Waals surface area contributed by atoms with Crippen LogP contribution in [0.5, 0.6) is 0 Å². The van der Waals surface area contributed by atoms with Gasteiger partial charge in [-0.2, -0.15) is 0 Å². The minimum absolute atomic E-state index is 0. The minimum atomic E-state index is -5.17. The van der Waals surface area contributed by atoms with Crippen LogP contribution in [0.4, 0.5) is 0 Å². The topological polar surface area (TPSA) is 117 Å². The molecule has 0 heterocycles. The summed E-state index contributed by atoms with van der Waals surface area (Å²) in [5.74, 6) is 0. The van der Waals surface area contributed by atoms with Crippen LogP contribution in [0, 0.1) is 0 Å². The van der Waals surface area contributed by atoms with Crippen molar-refractivity contribution < 1.29 is 45.2 Å². The van der Waals surface area contributed by atoms with Gasteiger partial charge in [-0.05, 0) is 0 Å². The molecule has 7 heavy (non-hydrogen) atoms. The van der Waals surface area contributed by atoms with Gasteiger partial charge in [0, 0.05) is 10.4 Å². The molecule has 4 N–H and O–H groups in total. The molecule has 7 heteroatoms. The van der Waals surface area contributed by atoms with Gasteiger partial charge in [0.05, 0.1) is 0 Å². The van der Waals surface area contributed by atoms with E-state index in [0.717, 1.165) is 0 Å². The fourth-order valence-electron chi connectivity index (χ4n) is 0. The molecule has 0 spiro atoms. The summed E-state index contributed by atoms with van der Waals surface area (Å²) in [5.41, 5.74) is 0.